The largest absolute Gasteiger partial charge is 0.497 e. The molecule has 2 fully saturated rings. The molecule has 0 radical (unpaired) electrons. The highest BCUT2D eigenvalue weighted by Crippen LogP contribution is 2.28. The average molecular weight is 499 g/mol. The Balaban J connectivity index is 1.14. The number of ether oxygens (including phenoxy) is 1. The molecule has 0 saturated carbocycles. The monoisotopic (exact) mass is 498 g/mol. The molecule has 37 heavy (non-hydrogen) atoms. The smallest absolute Gasteiger partial charge is 0.228 e. The molecule has 0 unspecified atom stereocenters. The average Bonchev–Trinajstić information content (AvgIpc) is 3.57. The van der Waals surface area contributed by atoms with E-state index in [0.717, 1.165) is 17.1 Å². The van der Waals surface area contributed by atoms with E-state index in [1.54, 1.807) is 16.7 Å². The van der Waals surface area contributed by atoms with Crippen LogP contribution in [0.1, 0.15) is 6.42 Å². The lowest BCUT2D eigenvalue weighted by molar-refractivity contribution is -0.136. The van der Waals surface area contributed by atoms with Crippen LogP contribution < -0.4 is 14.5 Å². The summed E-state index contributed by atoms with van der Waals surface area (Å²) in [6, 6.07) is 17.0. The number of para-hydroxylation sites is 1. The lowest BCUT2D eigenvalue weighted by Crippen LogP contribution is -2.51. The molecule has 0 aliphatic carbocycles. The summed E-state index contributed by atoms with van der Waals surface area (Å²) in [6.45, 7) is 2.73. The summed E-state index contributed by atoms with van der Waals surface area (Å²) in [5.74, 6) is 1.15. The Bertz CT molecular complexity index is 1430. The second-order valence-electron chi connectivity index (χ2n) is 9.12. The van der Waals surface area contributed by atoms with E-state index in [2.05, 4.69) is 25.2 Å². The fraction of sp³-hybridized carbons (Fsp3) is 0.308. The van der Waals surface area contributed by atoms with E-state index in [4.69, 9.17) is 4.74 Å². The summed E-state index contributed by atoms with van der Waals surface area (Å²) in [7, 11) is 1.62. The van der Waals surface area contributed by atoms with Crippen LogP contribution in [-0.4, -0.2) is 81.5 Å². The normalized spacial score (nSPS) is 18.0. The van der Waals surface area contributed by atoms with Crippen LogP contribution in [-0.2, 0) is 9.59 Å². The molecule has 188 valence electrons. The van der Waals surface area contributed by atoms with Gasteiger partial charge in [0.15, 0.2) is 17.0 Å². The van der Waals surface area contributed by atoms with Crippen LogP contribution in [0.2, 0.25) is 0 Å². The zero-order valence-corrected chi connectivity index (χ0v) is 20.4. The Morgan fingerprint density at radius 3 is 2.43 bits per heavy atom. The van der Waals surface area contributed by atoms with Gasteiger partial charge in [-0.1, -0.05) is 23.4 Å². The van der Waals surface area contributed by atoms with Gasteiger partial charge in [0.1, 0.15) is 12.1 Å². The molecule has 0 bridgehead atoms. The third-order valence-corrected chi connectivity index (χ3v) is 6.97. The summed E-state index contributed by atoms with van der Waals surface area (Å²) in [4.78, 5) is 40.4. The minimum atomic E-state index is -0.325. The molecule has 6 rings (SSSR count). The van der Waals surface area contributed by atoms with E-state index < -0.39 is 0 Å². The van der Waals surface area contributed by atoms with Crippen LogP contribution in [0.3, 0.4) is 0 Å². The maximum atomic E-state index is 13.3. The van der Waals surface area contributed by atoms with Crippen LogP contribution in [0.5, 0.6) is 5.75 Å². The fourth-order valence-corrected chi connectivity index (χ4v) is 4.99. The molecular weight excluding hydrogens is 472 g/mol. The SMILES string of the molecule is COc1ccc(-n2nnc3c(N4CCN(C(=O)[C@@H]5CC(=O)N(c6ccccc6)C5)CC4)ncnc32)cc1. The summed E-state index contributed by atoms with van der Waals surface area (Å²) in [6.07, 6.45) is 1.76. The van der Waals surface area contributed by atoms with Crippen molar-refractivity contribution in [3.05, 3.63) is 60.9 Å². The van der Waals surface area contributed by atoms with Crippen molar-refractivity contribution in [3.8, 4) is 11.4 Å². The third kappa shape index (κ3) is 4.22. The van der Waals surface area contributed by atoms with Gasteiger partial charge in [0.25, 0.3) is 0 Å². The Morgan fingerprint density at radius 1 is 0.946 bits per heavy atom. The van der Waals surface area contributed by atoms with Crippen molar-refractivity contribution in [2.75, 3.05) is 49.6 Å². The minimum absolute atomic E-state index is 0.00786. The predicted molar refractivity (Wildman–Crippen MR) is 137 cm³/mol. The zero-order chi connectivity index (χ0) is 25.4. The van der Waals surface area contributed by atoms with Crippen molar-refractivity contribution in [1.29, 1.82) is 0 Å². The van der Waals surface area contributed by atoms with Crippen molar-refractivity contribution in [2.24, 2.45) is 5.92 Å². The van der Waals surface area contributed by atoms with E-state index in [1.165, 1.54) is 6.33 Å². The van der Waals surface area contributed by atoms with Crippen molar-refractivity contribution in [2.45, 2.75) is 6.42 Å². The van der Waals surface area contributed by atoms with Gasteiger partial charge in [-0.05, 0) is 36.4 Å². The molecule has 4 aromatic rings. The van der Waals surface area contributed by atoms with Gasteiger partial charge in [0.2, 0.25) is 11.8 Å². The van der Waals surface area contributed by atoms with E-state index in [-0.39, 0.29) is 24.2 Å². The predicted octanol–water partition coefficient (Wildman–Crippen LogP) is 1.92. The number of methoxy groups -OCH3 is 1. The molecule has 2 aliphatic rings. The number of carbonyl (C=O) groups is 2. The van der Waals surface area contributed by atoms with Gasteiger partial charge >= 0.3 is 0 Å². The number of rotatable bonds is 5. The number of piperazine rings is 1. The molecule has 2 amide bonds. The lowest BCUT2D eigenvalue weighted by atomic mass is 10.1. The Morgan fingerprint density at radius 2 is 1.70 bits per heavy atom. The molecule has 2 aliphatic heterocycles. The number of benzene rings is 2. The standard InChI is InChI=1S/C26H26N8O3/c1-37-21-9-7-20(8-10-21)34-25-23(29-30-34)24(27-17-28-25)31-11-13-32(14-12-31)26(36)18-15-22(35)33(16-18)19-5-3-2-4-6-19/h2-10,17-18H,11-16H2,1H3/t18-/m1/s1. The van der Waals surface area contributed by atoms with Crippen LogP contribution in [0.4, 0.5) is 11.5 Å². The van der Waals surface area contributed by atoms with Crippen molar-refractivity contribution in [3.63, 3.8) is 0 Å². The van der Waals surface area contributed by atoms with E-state index in [0.29, 0.717) is 49.7 Å². The molecule has 2 aromatic heterocycles. The first-order valence-electron chi connectivity index (χ1n) is 12.2. The summed E-state index contributed by atoms with van der Waals surface area (Å²) in [5.41, 5.74) is 2.87. The molecule has 2 saturated heterocycles. The Hall–Kier alpha value is -4.54. The highest BCUT2D eigenvalue weighted by Gasteiger charge is 2.38. The maximum absolute atomic E-state index is 13.3. The van der Waals surface area contributed by atoms with Crippen molar-refractivity contribution >= 4 is 34.5 Å². The van der Waals surface area contributed by atoms with Crippen LogP contribution in [0.15, 0.2) is 60.9 Å². The number of hydrogen-bond acceptors (Lipinski definition) is 8. The van der Waals surface area contributed by atoms with Crippen molar-refractivity contribution in [1.82, 2.24) is 29.9 Å². The molecule has 11 heteroatoms. The molecular formula is C26H26N8O3. The molecule has 2 aromatic carbocycles. The molecule has 0 N–H and O–H groups in total. The van der Waals surface area contributed by atoms with Crippen LogP contribution in [0.25, 0.3) is 16.9 Å². The van der Waals surface area contributed by atoms with Crippen molar-refractivity contribution < 1.29 is 14.3 Å². The second kappa shape index (κ2) is 9.49. The van der Waals surface area contributed by atoms with Gasteiger partial charge in [-0.2, -0.15) is 4.68 Å². The van der Waals surface area contributed by atoms with Gasteiger partial charge in [-0.3, -0.25) is 9.59 Å². The Kier molecular flexibility index (Phi) is 5.87. The number of fused-ring (bicyclic) bond motifs is 1. The third-order valence-electron chi connectivity index (χ3n) is 6.97. The number of nitrogens with zero attached hydrogens (tertiary/aromatic N) is 8. The summed E-state index contributed by atoms with van der Waals surface area (Å²) < 4.78 is 6.91. The van der Waals surface area contributed by atoms with Gasteiger partial charge in [0.05, 0.1) is 18.7 Å². The maximum Gasteiger partial charge on any atom is 0.228 e. The van der Waals surface area contributed by atoms with Crippen LogP contribution in [0, 0.1) is 5.92 Å². The van der Waals surface area contributed by atoms with Gasteiger partial charge < -0.3 is 19.4 Å². The molecule has 4 heterocycles. The first kappa shape index (κ1) is 22.9. The van der Waals surface area contributed by atoms with Gasteiger partial charge in [-0.25, -0.2) is 9.97 Å². The summed E-state index contributed by atoms with van der Waals surface area (Å²) in [5, 5.41) is 8.67. The topological polar surface area (TPSA) is 110 Å². The van der Waals surface area contributed by atoms with E-state index in [9.17, 15) is 9.59 Å². The van der Waals surface area contributed by atoms with Crippen LogP contribution >= 0.6 is 0 Å². The number of carbonyl (C=O) groups excluding carboxylic acids is 2. The van der Waals surface area contributed by atoms with Gasteiger partial charge in [-0.15, -0.1) is 5.10 Å². The minimum Gasteiger partial charge on any atom is -0.497 e. The first-order valence-corrected chi connectivity index (χ1v) is 12.2. The molecule has 11 nitrogen and oxygen atoms in total. The lowest BCUT2D eigenvalue weighted by Gasteiger charge is -2.36. The molecule has 0 spiro atoms. The first-order chi connectivity index (χ1) is 18.1. The quantitative estimate of drug-likeness (QED) is 0.411. The second-order valence-corrected chi connectivity index (χ2v) is 9.12. The number of hydrogen-bond donors (Lipinski definition) is 0. The summed E-state index contributed by atoms with van der Waals surface area (Å²) >= 11 is 0. The van der Waals surface area contributed by atoms with E-state index in [1.807, 2.05) is 59.5 Å². The fourth-order valence-electron chi connectivity index (χ4n) is 4.99. The van der Waals surface area contributed by atoms with E-state index >= 15 is 0 Å². The Labute approximate surface area is 213 Å². The molecule has 1 atom stereocenters. The zero-order valence-electron chi connectivity index (χ0n) is 20.4. The highest BCUT2D eigenvalue weighted by molar-refractivity contribution is 6.00. The highest BCUT2D eigenvalue weighted by atomic mass is 16.5. The number of amides is 2. The number of anilines is 2. The number of aromatic nitrogens is 5. The van der Waals surface area contributed by atoms with Gasteiger partial charge in [0, 0.05) is 44.8 Å².